The van der Waals surface area contributed by atoms with Gasteiger partial charge in [-0.1, -0.05) is 18.2 Å². The molecule has 130 valence electrons. The maximum atomic E-state index is 13.0. The first-order valence-corrected chi connectivity index (χ1v) is 10.0. The lowest BCUT2D eigenvalue weighted by Gasteiger charge is -2.35. The summed E-state index contributed by atoms with van der Waals surface area (Å²) in [6, 6.07) is 8.44. The van der Waals surface area contributed by atoms with Gasteiger partial charge in [-0.15, -0.1) is 11.8 Å². The molecule has 1 aliphatic carbocycles. The van der Waals surface area contributed by atoms with Crippen LogP contribution in [0.1, 0.15) is 43.1 Å². The van der Waals surface area contributed by atoms with Crippen molar-refractivity contribution in [2.24, 2.45) is 13.0 Å². The molecule has 1 fully saturated rings. The van der Waals surface area contributed by atoms with Gasteiger partial charge in [-0.2, -0.15) is 0 Å². The number of amides is 1. The zero-order valence-electron chi connectivity index (χ0n) is 14.6. The third-order valence-electron chi connectivity index (χ3n) is 6.04. The number of carbonyl (C=O) groups excluding carboxylic acids is 1. The summed E-state index contributed by atoms with van der Waals surface area (Å²) in [4.78, 5) is 14.4. The van der Waals surface area contributed by atoms with Crippen LogP contribution in [0.15, 0.2) is 34.7 Å². The molecule has 3 unspecified atom stereocenters. The van der Waals surface area contributed by atoms with Crippen LogP contribution in [0.4, 0.5) is 0 Å². The molecule has 5 heteroatoms. The fourth-order valence-corrected chi connectivity index (χ4v) is 6.28. The highest BCUT2D eigenvalue weighted by Gasteiger charge is 2.45. The Morgan fingerprint density at radius 1 is 1.20 bits per heavy atom. The molecule has 1 saturated heterocycles. The summed E-state index contributed by atoms with van der Waals surface area (Å²) in [5.74, 6) is 0.215. The van der Waals surface area contributed by atoms with Gasteiger partial charge in [0.1, 0.15) is 6.17 Å². The van der Waals surface area contributed by atoms with E-state index in [2.05, 4.69) is 53.4 Å². The second-order valence-corrected chi connectivity index (χ2v) is 8.59. The first-order valence-electron chi connectivity index (χ1n) is 9.14. The minimum Gasteiger partial charge on any atom is -0.348 e. The van der Waals surface area contributed by atoms with Crippen LogP contribution < -0.4 is 10.6 Å². The molecule has 5 rings (SSSR count). The SMILES string of the molecule is Cc1c(C2NC(=O)C3C4=C(CCCC4)SC3N2)c2ccccc2n1C. The zero-order valence-corrected chi connectivity index (χ0v) is 15.5. The molecule has 2 N–H and O–H groups in total. The normalized spacial score (nSPS) is 28.9. The summed E-state index contributed by atoms with van der Waals surface area (Å²) >= 11 is 1.90. The van der Waals surface area contributed by atoms with Gasteiger partial charge < -0.3 is 9.88 Å². The topological polar surface area (TPSA) is 46.1 Å². The average Bonchev–Trinajstić information content (AvgIpc) is 3.11. The number of benzene rings is 1. The van der Waals surface area contributed by atoms with E-state index in [-0.39, 0.29) is 23.4 Å². The monoisotopic (exact) mass is 353 g/mol. The number of para-hydroxylation sites is 1. The lowest BCUT2D eigenvalue weighted by atomic mass is 9.87. The standard InChI is InChI=1S/C20H23N3OS/c1-11-16(12-7-3-5-9-14(12)23(11)2)18-21-19(24)17-13-8-4-6-10-15(13)25-20(17)22-18/h3,5,7,9,17-18,20,22H,4,6,8,10H2,1-2H3,(H,21,24). The molecular formula is C20H23N3OS. The summed E-state index contributed by atoms with van der Waals surface area (Å²) in [5.41, 5.74) is 5.03. The molecule has 3 aliphatic rings. The predicted octanol–water partition coefficient (Wildman–Crippen LogP) is 3.72. The molecule has 0 radical (unpaired) electrons. The Balaban J connectivity index is 1.53. The van der Waals surface area contributed by atoms with Gasteiger partial charge in [0, 0.05) is 29.2 Å². The van der Waals surface area contributed by atoms with Crippen molar-refractivity contribution in [1.29, 1.82) is 0 Å². The molecule has 25 heavy (non-hydrogen) atoms. The number of carbonyl (C=O) groups is 1. The Morgan fingerprint density at radius 2 is 2.00 bits per heavy atom. The van der Waals surface area contributed by atoms with Gasteiger partial charge in [-0.05, 0) is 49.2 Å². The van der Waals surface area contributed by atoms with E-state index in [4.69, 9.17) is 0 Å². The molecule has 2 aliphatic heterocycles. The van der Waals surface area contributed by atoms with Crippen LogP contribution in [0.5, 0.6) is 0 Å². The van der Waals surface area contributed by atoms with Crippen LogP contribution in [-0.4, -0.2) is 15.8 Å². The van der Waals surface area contributed by atoms with Crippen molar-refractivity contribution in [3.63, 3.8) is 0 Å². The molecule has 4 nitrogen and oxygen atoms in total. The predicted molar refractivity (Wildman–Crippen MR) is 102 cm³/mol. The molecule has 3 heterocycles. The average molecular weight is 353 g/mol. The third-order valence-corrected chi connectivity index (χ3v) is 7.46. The fourth-order valence-electron chi connectivity index (χ4n) is 4.70. The van der Waals surface area contributed by atoms with Crippen molar-refractivity contribution in [2.75, 3.05) is 0 Å². The van der Waals surface area contributed by atoms with E-state index in [0.29, 0.717) is 0 Å². The van der Waals surface area contributed by atoms with Crippen molar-refractivity contribution in [3.05, 3.63) is 46.0 Å². The molecule has 0 spiro atoms. The highest BCUT2D eigenvalue weighted by Crippen LogP contribution is 2.50. The number of nitrogens with one attached hydrogen (secondary N) is 2. The number of fused-ring (bicyclic) bond motifs is 3. The molecule has 1 aromatic heterocycles. The highest BCUT2D eigenvalue weighted by atomic mass is 32.2. The number of hydrogen-bond donors (Lipinski definition) is 2. The molecular weight excluding hydrogens is 330 g/mol. The maximum absolute atomic E-state index is 13.0. The Morgan fingerprint density at radius 3 is 2.88 bits per heavy atom. The summed E-state index contributed by atoms with van der Waals surface area (Å²) in [6.07, 6.45) is 4.62. The number of hydrogen-bond acceptors (Lipinski definition) is 3. The minimum absolute atomic E-state index is 0.0202. The number of nitrogens with zero attached hydrogens (tertiary/aromatic N) is 1. The van der Waals surface area contributed by atoms with E-state index in [1.807, 2.05) is 11.8 Å². The number of allylic oxidation sites excluding steroid dienone is 1. The summed E-state index contributed by atoms with van der Waals surface area (Å²) < 4.78 is 2.22. The Kier molecular flexibility index (Phi) is 3.51. The molecule has 0 bridgehead atoms. The van der Waals surface area contributed by atoms with Gasteiger partial charge in [0.25, 0.3) is 0 Å². The minimum atomic E-state index is -0.117. The van der Waals surface area contributed by atoms with Gasteiger partial charge in [0.2, 0.25) is 5.91 Å². The van der Waals surface area contributed by atoms with Crippen LogP contribution in [-0.2, 0) is 11.8 Å². The van der Waals surface area contributed by atoms with Gasteiger partial charge in [0.05, 0.1) is 11.3 Å². The molecule has 0 saturated carbocycles. The molecule has 3 atom stereocenters. The van der Waals surface area contributed by atoms with Gasteiger partial charge >= 0.3 is 0 Å². The van der Waals surface area contributed by atoms with Crippen molar-refractivity contribution < 1.29 is 4.79 Å². The Labute approximate surface area is 152 Å². The Hall–Kier alpha value is -1.72. The van der Waals surface area contributed by atoms with E-state index < -0.39 is 0 Å². The smallest absolute Gasteiger partial charge is 0.231 e. The van der Waals surface area contributed by atoms with Crippen LogP contribution in [0.3, 0.4) is 0 Å². The fraction of sp³-hybridized carbons (Fsp3) is 0.450. The quantitative estimate of drug-likeness (QED) is 0.821. The van der Waals surface area contributed by atoms with Crippen LogP contribution >= 0.6 is 11.8 Å². The lowest BCUT2D eigenvalue weighted by molar-refractivity contribution is -0.127. The van der Waals surface area contributed by atoms with Crippen molar-refractivity contribution in [1.82, 2.24) is 15.2 Å². The second-order valence-electron chi connectivity index (χ2n) is 7.36. The summed E-state index contributed by atoms with van der Waals surface area (Å²) in [6.45, 7) is 2.14. The van der Waals surface area contributed by atoms with Gasteiger partial charge in [-0.3, -0.25) is 10.1 Å². The van der Waals surface area contributed by atoms with Crippen molar-refractivity contribution in [3.8, 4) is 0 Å². The number of aryl methyl sites for hydroxylation is 1. The van der Waals surface area contributed by atoms with Gasteiger partial charge in [0.15, 0.2) is 0 Å². The number of aromatic nitrogens is 1. The zero-order chi connectivity index (χ0) is 17.1. The lowest BCUT2D eigenvalue weighted by Crippen LogP contribution is -2.54. The van der Waals surface area contributed by atoms with Crippen LogP contribution in [0.2, 0.25) is 0 Å². The van der Waals surface area contributed by atoms with Crippen molar-refractivity contribution in [2.45, 2.75) is 44.1 Å². The summed E-state index contributed by atoms with van der Waals surface area (Å²) in [5, 5.41) is 8.42. The number of rotatable bonds is 1. The summed E-state index contributed by atoms with van der Waals surface area (Å²) in [7, 11) is 2.10. The largest absolute Gasteiger partial charge is 0.348 e. The molecule has 2 aromatic rings. The first kappa shape index (κ1) is 15.5. The van der Waals surface area contributed by atoms with E-state index in [9.17, 15) is 4.79 Å². The van der Waals surface area contributed by atoms with Crippen LogP contribution in [0, 0.1) is 12.8 Å². The van der Waals surface area contributed by atoms with Gasteiger partial charge in [-0.25, -0.2) is 0 Å². The Bertz CT molecular complexity index is 913. The van der Waals surface area contributed by atoms with E-state index in [1.54, 1.807) is 0 Å². The highest BCUT2D eigenvalue weighted by molar-refractivity contribution is 8.04. The third kappa shape index (κ3) is 2.22. The van der Waals surface area contributed by atoms with E-state index in [1.165, 1.54) is 45.5 Å². The van der Waals surface area contributed by atoms with Crippen LogP contribution in [0.25, 0.3) is 10.9 Å². The van der Waals surface area contributed by atoms with E-state index >= 15 is 0 Å². The molecule has 1 amide bonds. The second kappa shape index (κ2) is 5.64. The van der Waals surface area contributed by atoms with Crippen molar-refractivity contribution >= 4 is 28.6 Å². The maximum Gasteiger partial charge on any atom is 0.231 e. The molecule has 1 aromatic carbocycles. The first-order chi connectivity index (χ1) is 12.1. The number of thioether (sulfide) groups is 1. The van der Waals surface area contributed by atoms with E-state index in [0.717, 1.165) is 12.8 Å².